The molecule has 0 atom stereocenters. The Balaban J connectivity index is 1.66. The van der Waals surface area contributed by atoms with Gasteiger partial charge in [0.1, 0.15) is 0 Å². The highest BCUT2D eigenvalue weighted by molar-refractivity contribution is 5.81. The molecule has 0 spiro atoms. The summed E-state index contributed by atoms with van der Waals surface area (Å²) in [5.74, 6) is 0.645. The van der Waals surface area contributed by atoms with Gasteiger partial charge in [-0.2, -0.15) is 5.10 Å². The largest absolute Gasteiger partial charge is 0.372 e. The fourth-order valence-corrected chi connectivity index (χ4v) is 2.70. The van der Waals surface area contributed by atoms with Crippen LogP contribution in [0, 0.1) is 6.92 Å². The fraction of sp³-hybridized carbons (Fsp3) is 0.263. The quantitative estimate of drug-likeness (QED) is 0.529. The molecule has 3 rings (SSSR count). The Bertz CT molecular complexity index is 829. The first-order valence-electron chi connectivity index (χ1n) is 8.30. The molecule has 2 N–H and O–H groups in total. The van der Waals surface area contributed by atoms with Gasteiger partial charge in [-0.25, -0.2) is 10.4 Å². The van der Waals surface area contributed by atoms with Gasteiger partial charge in [0.2, 0.25) is 5.95 Å². The van der Waals surface area contributed by atoms with Crippen molar-refractivity contribution in [3.63, 3.8) is 0 Å². The van der Waals surface area contributed by atoms with Crippen LogP contribution in [0.3, 0.4) is 0 Å². The molecule has 0 fully saturated rings. The topological polar surface area (TPSA) is 56.3 Å². The van der Waals surface area contributed by atoms with E-state index >= 15 is 0 Å². The Morgan fingerprint density at radius 1 is 1.12 bits per heavy atom. The molecular formula is C19H23N5. The van der Waals surface area contributed by atoms with Crippen molar-refractivity contribution in [3.05, 3.63) is 53.6 Å². The number of nitrogens with zero attached hydrogens (tertiary/aromatic N) is 3. The van der Waals surface area contributed by atoms with Crippen molar-refractivity contribution in [2.45, 2.75) is 20.8 Å². The normalized spacial score (nSPS) is 11.3. The number of imidazole rings is 1. The SMILES string of the molecule is CCN(CC)c1ccc(/C=N\Nc2nc3ccc(C)cc3[nH]2)cc1. The highest BCUT2D eigenvalue weighted by Gasteiger charge is 2.02. The van der Waals surface area contributed by atoms with Gasteiger partial charge in [0, 0.05) is 18.8 Å². The van der Waals surface area contributed by atoms with E-state index in [0.29, 0.717) is 5.95 Å². The molecule has 0 saturated heterocycles. The van der Waals surface area contributed by atoms with E-state index in [1.165, 1.54) is 11.3 Å². The van der Waals surface area contributed by atoms with Gasteiger partial charge in [0.25, 0.3) is 0 Å². The molecule has 0 bridgehead atoms. The number of hydrazone groups is 1. The molecule has 0 aliphatic carbocycles. The van der Waals surface area contributed by atoms with E-state index in [0.717, 1.165) is 29.7 Å². The van der Waals surface area contributed by atoms with Crippen LogP contribution in [0.2, 0.25) is 0 Å². The van der Waals surface area contributed by atoms with Gasteiger partial charge >= 0.3 is 0 Å². The van der Waals surface area contributed by atoms with Crippen molar-refractivity contribution in [1.29, 1.82) is 0 Å². The second-order valence-corrected chi connectivity index (χ2v) is 5.74. The number of H-pyrrole nitrogens is 1. The third kappa shape index (κ3) is 3.56. The summed E-state index contributed by atoms with van der Waals surface area (Å²) in [6.45, 7) is 8.41. The zero-order chi connectivity index (χ0) is 16.9. The van der Waals surface area contributed by atoms with Crippen LogP contribution in [-0.2, 0) is 0 Å². The molecule has 0 aliphatic rings. The number of benzene rings is 2. The van der Waals surface area contributed by atoms with Crippen LogP contribution in [0.1, 0.15) is 25.0 Å². The van der Waals surface area contributed by atoms with Gasteiger partial charge in [-0.1, -0.05) is 18.2 Å². The maximum atomic E-state index is 4.46. The first-order chi connectivity index (χ1) is 11.7. The van der Waals surface area contributed by atoms with E-state index in [9.17, 15) is 0 Å². The molecule has 24 heavy (non-hydrogen) atoms. The third-order valence-electron chi connectivity index (χ3n) is 4.04. The summed E-state index contributed by atoms with van der Waals surface area (Å²) in [7, 11) is 0. The van der Waals surface area contributed by atoms with Gasteiger partial charge in [0.15, 0.2) is 0 Å². The van der Waals surface area contributed by atoms with E-state index in [1.54, 1.807) is 6.21 Å². The molecular weight excluding hydrogens is 298 g/mol. The van der Waals surface area contributed by atoms with Gasteiger partial charge in [-0.05, 0) is 56.2 Å². The monoisotopic (exact) mass is 321 g/mol. The van der Waals surface area contributed by atoms with Crippen molar-refractivity contribution >= 4 is 28.9 Å². The minimum Gasteiger partial charge on any atom is -0.372 e. The summed E-state index contributed by atoms with van der Waals surface area (Å²) < 4.78 is 0. The molecule has 0 amide bonds. The number of aromatic amines is 1. The number of anilines is 2. The van der Waals surface area contributed by atoms with Crippen LogP contribution >= 0.6 is 0 Å². The Morgan fingerprint density at radius 3 is 2.58 bits per heavy atom. The average Bonchev–Trinajstić information content (AvgIpc) is 2.99. The smallest absolute Gasteiger partial charge is 0.222 e. The molecule has 124 valence electrons. The molecule has 5 heteroatoms. The zero-order valence-electron chi connectivity index (χ0n) is 14.4. The van der Waals surface area contributed by atoms with E-state index in [-0.39, 0.29) is 0 Å². The highest BCUT2D eigenvalue weighted by Crippen LogP contribution is 2.16. The van der Waals surface area contributed by atoms with Gasteiger partial charge in [-0.15, -0.1) is 0 Å². The Labute approximate surface area is 142 Å². The van der Waals surface area contributed by atoms with Crippen molar-refractivity contribution in [2.75, 3.05) is 23.4 Å². The minimum absolute atomic E-state index is 0.645. The van der Waals surface area contributed by atoms with E-state index in [1.807, 2.05) is 12.1 Å². The Hall–Kier alpha value is -2.82. The van der Waals surface area contributed by atoms with Crippen LogP contribution in [0.25, 0.3) is 11.0 Å². The number of rotatable bonds is 6. The number of fused-ring (bicyclic) bond motifs is 1. The first kappa shape index (κ1) is 16.1. The maximum Gasteiger partial charge on any atom is 0.222 e. The number of aryl methyl sites for hydroxylation is 1. The number of nitrogens with one attached hydrogen (secondary N) is 2. The molecule has 0 aliphatic heterocycles. The van der Waals surface area contributed by atoms with E-state index in [4.69, 9.17) is 0 Å². The fourth-order valence-electron chi connectivity index (χ4n) is 2.70. The van der Waals surface area contributed by atoms with Crippen molar-refractivity contribution in [1.82, 2.24) is 9.97 Å². The standard InChI is InChI=1S/C19H23N5/c1-4-24(5-2)16-9-7-15(8-10-16)13-20-23-19-21-17-11-6-14(3)12-18(17)22-19/h6-13H,4-5H2,1-3H3,(H2,21,22,23)/b20-13-. The Morgan fingerprint density at radius 2 is 1.88 bits per heavy atom. The molecule has 2 aromatic carbocycles. The summed E-state index contributed by atoms with van der Waals surface area (Å²) in [5, 5.41) is 4.26. The van der Waals surface area contributed by atoms with Crippen LogP contribution in [0.15, 0.2) is 47.6 Å². The van der Waals surface area contributed by atoms with Crippen molar-refractivity contribution in [3.8, 4) is 0 Å². The maximum absolute atomic E-state index is 4.46. The lowest BCUT2D eigenvalue weighted by Crippen LogP contribution is -2.21. The van der Waals surface area contributed by atoms with Gasteiger partial charge in [0.05, 0.1) is 17.2 Å². The van der Waals surface area contributed by atoms with Crippen LogP contribution in [0.4, 0.5) is 11.6 Å². The van der Waals surface area contributed by atoms with Gasteiger partial charge in [-0.3, -0.25) is 0 Å². The minimum atomic E-state index is 0.645. The summed E-state index contributed by atoms with van der Waals surface area (Å²) in [5.41, 5.74) is 8.38. The third-order valence-corrected chi connectivity index (χ3v) is 4.04. The molecule has 0 unspecified atom stereocenters. The van der Waals surface area contributed by atoms with Gasteiger partial charge < -0.3 is 9.88 Å². The van der Waals surface area contributed by atoms with Crippen molar-refractivity contribution < 1.29 is 0 Å². The predicted octanol–water partition coefficient (Wildman–Crippen LogP) is 4.16. The second-order valence-electron chi connectivity index (χ2n) is 5.74. The van der Waals surface area contributed by atoms with E-state index in [2.05, 4.69) is 76.5 Å². The van der Waals surface area contributed by atoms with E-state index < -0.39 is 0 Å². The predicted molar refractivity (Wildman–Crippen MR) is 102 cm³/mol. The lowest BCUT2D eigenvalue weighted by molar-refractivity contribution is 0.866. The van der Waals surface area contributed by atoms with Crippen LogP contribution in [0.5, 0.6) is 0 Å². The summed E-state index contributed by atoms with van der Waals surface area (Å²) in [6.07, 6.45) is 1.80. The molecule has 1 heterocycles. The number of hydrogen-bond donors (Lipinski definition) is 2. The molecule has 0 radical (unpaired) electrons. The molecule has 1 aromatic heterocycles. The van der Waals surface area contributed by atoms with Crippen molar-refractivity contribution in [2.24, 2.45) is 5.10 Å². The number of aromatic nitrogens is 2. The zero-order valence-corrected chi connectivity index (χ0v) is 14.4. The first-order valence-corrected chi connectivity index (χ1v) is 8.30. The lowest BCUT2D eigenvalue weighted by atomic mass is 10.2. The second kappa shape index (κ2) is 7.17. The average molecular weight is 321 g/mol. The summed E-state index contributed by atoms with van der Waals surface area (Å²) >= 11 is 0. The summed E-state index contributed by atoms with van der Waals surface area (Å²) in [6, 6.07) is 14.5. The van der Waals surface area contributed by atoms with Crippen LogP contribution < -0.4 is 10.3 Å². The Kier molecular flexibility index (Phi) is 4.79. The van der Waals surface area contributed by atoms with Crippen LogP contribution in [-0.4, -0.2) is 29.3 Å². The molecule has 3 aromatic rings. The molecule has 5 nitrogen and oxygen atoms in total. The highest BCUT2D eigenvalue weighted by atomic mass is 15.3. The summed E-state index contributed by atoms with van der Waals surface area (Å²) in [4.78, 5) is 9.99. The number of hydrogen-bond acceptors (Lipinski definition) is 4. The lowest BCUT2D eigenvalue weighted by Gasteiger charge is -2.20. The molecule has 0 saturated carbocycles.